The lowest BCUT2D eigenvalue weighted by molar-refractivity contribution is -0.143. The maximum absolute atomic E-state index is 14.6. The van der Waals surface area contributed by atoms with Crippen molar-refractivity contribution < 1.29 is 43.2 Å². The van der Waals surface area contributed by atoms with E-state index in [-0.39, 0.29) is 81.6 Å². The van der Waals surface area contributed by atoms with Crippen LogP contribution in [-0.4, -0.2) is 154 Å². The molecule has 0 aliphatic carbocycles. The van der Waals surface area contributed by atoms with Crippen molar-refractivity contribution in [3.63, 3.8) is 0 Å². The van der Waals surface area contributed by atoms with Crippen LogP contribution >= 0.6 is 21.6 Å². The number of amides is 9. The van der Waals surface area contributed by atoms with E-state index in [9.17, 15) is 43.2 Å². The molecule has 2 aromatic carbocycles. The minimum absolute atomic E-state index is 0.0236. The molecule has 27 heteroatoms. The van der Waals surface area contributed by atoms with Crippen LogP contribution in [0.5, 0.6) is 0 Å². The molecule has 0 bridgehead atoms. The zero-order valence-corrected chi connectivity index (χ0v) is 45.0. The normalized spacial score (nSPS) is 22.8. The Morgan fingerprint density at radius 3 is 2.03 bits per heavy atom. The Hall–Kier alpha value is -7.55. The molecule has 8 atom stereocenters. The van der Waals surface area contributed by atoms with Gasteiger partial charge in [0.05, 0.1) is 0 Å². The topological polar surface area (TPSA) is 407 Å². The SMILES string of the molecule is CC(=O)N[C@@H](CCCNC(=N)N)C(=O)N[C@H]1CSSC[C@@H](C(N)=O)NC(=O)[C@H](Cc2c[nH]c3ccccc23)NC(=O)[C@H](CCCNC(=N)N)NC(=O)[C@@H](Cc2ccccc2)NC(=O)[C@@H]2CCCN2C(=O)[C@@H](C(C)C)NC1=O. The number of nitrogens with zero attached hydrogens (tertiary/aromatic N) is 1. The maximum atomic E-state index is 14.6. The van der Waals surface area contributed by atoms with Crippen LogP contribution in [0.4, 0.5) is 0 Å². The summed E-state index contributed by atoms with van der Waals surface area (Å²) in [5.74, 6) is -8.03. The summed E-state index contributed by atoms with van der Waals surface area (Å²) < 4.78 is 0. The quantitative estimate of drug-likeness (QED) is 0.0314. The lowest BCUT2D eigenvalue weighted by atomic mass is 10.0. The molecule has 77 heavy (non-hydrogen) atoms. The van der Waals surface area contributed by atoms with Crippen LogP contribution in [0.3, 0.4) is 0 Å². The van der Waals surface area contributed by atoms with Gasteiger partial charge in [-0.05, 0) is 61.6 Å². The zero-order chi connectivity index (χ0) is 56.2. The molecule has 0 saturated carbocycles. The fourth-order valence-corrected chi connectivity index (χ4v) is 11.2. The number of H-pyrrole nitrogens is 1. The van der Waals surface area contributed by atoms with E-state index in [4.69, 9.17) is 28.0 Å². The van der Waals surface area contributed by atoms with E-state index in [1.807, 2.05) is 24.3 Å². The molecule has 2 fully saturated rings. The van der Waals surface area contributed by atoms with Gasteiger partial charge >= 0.3 is 0 Å². The molecule has 2 aliphatic heterocycles. The summed E-state index contributed by atoms with van der Waals surface area (Å²) in [5.41, 5.74) is 18.9. The molecule has 0 spiro atoms. The Labute approximate surface area is 454 Å². The minimum atomic E-state index is -1.37. The fraction of sp³-hybridized carbons (Fsp3) is 0.500. The van der Waals surface area contributed by atoms with Gasteiger partial charge in [0.15, 0.2) is 11.9 Å². The highest BCUT2D eigenvalue weighted by atomic mass is 33.1. The van der Waals surface area contributed by atoms with Crippen LogP contribution in [0.25, 0.3) is 10.9 Å². The van der Waals surface area contributed by atoms with Crippen molar-refractivity contribution in [3.05, 3.63) is 71.9 Å². The van der Waals surface area contributed by atoms with E-state index >= 15 is 0 Å². The number of hydrogen-bond acceptors (Lipinski definition) is 13. The summed E-state index contributed by atoms with van der Waals surface area (Å²) in [7, 11) is 2.07. The Morgan fingerprint density at radius 2 is 1.35 bits per heavy atom. The van der Waals surface area contributed by atoms with Crippen molar-refractivity contribution >= 4 is 97.6 Å². The van der Waals surface area contributed by atoms with Gasteiger partial charge in [0.1, 0.15) is 48.3 Å². The number of aromatic nitrogens is 1. The van der Waals surface area contributed by atoms with E-state index < -0.39 is 107 Å². The average Bonchev–Trinajstić information content (AvgIpc) is 4.05. The second-order valence-corrected chi connectivity index (χ2v) is 21.7. The first-order valence-corrected chi connectivity index (χ1v) is 27.9. The largest absolute Gasteiger partial charge is 0.370 e. The summed E-state index contributed by atoms with van der Waals surface area (Å²) in [6.45, 7) is 5.12. The molecule has 2 saturated heterocycles. The van der Waals surface area contributed by atoms with Crippen molar-refractivity contribution in [2.75, 3.05) is 31.1 Å². The first kappa shape index (κ1) is 60.3. The number of nitrogens with two attached hydrogens (primary N) is 3. The van der Waals surface area contributed by atoms with Crippen LogP contribution in [0.2, 0.25) is 0 Å². The molecule has 25 nitrogen and oxygen atoms in total. The van der Waals surface area contributed by atoms with E-state index in [1.54, 1.807) is 50.4 Å². The third-order valence-corrected chi connectivity index (χ3v) is 15.3. The van der Waals surface area contributed by atoms with Gasteiger partial charge < -0.3 is 74.9 Å². The molecule has 2 aliphatic rings. The number of fused-ring (bicyclic) bond motifs is 2. The Bertz CT molecular complexity index is 2600. The molecule has 0 unspecified atom stereocenters. The molecule has 418 valence electrons. The van der Waals surface area contributed by atoms with Crippen molar-refractivity contribution in [2.24, 2.45) is 23.1 Å². The number of hydrogen-bond donors (Lipinski definition) is 15. The number of rotatable bonds is 17. The first-order valence-electron chi connectivity index (χ1n) is 25.4. The second kappa shape index (κ2) is 29.7. The monoisotopic (exact) mass is 1100 g/mol. The number of aromatic amines is 1. The molecular weight excluding hydrogens is 1030 g/mol. The molecule has 1 aromatic heterocycles. The number of nitrogens with one attached hydrogen (secondary N) is 12. The predicted octanol–water partition coefficient (Wildman–Crippen LogP) is -1.58. The van der Waals surface area contributed by atoms with E-state index in [0.29, 0.717) is 24.0 Å². The lowest BCUT2D eigenvalue weighted by Gasteiger charge is -2.32. The second-order valence-electron chi connectivity index (χ2n) is 19.2. The van der Waals surface area contributed by atoms with Gasteiger partial charge in [-0.3, -0.25) is 54.0 Å². The summed E-state index contributed by atoms with van der Waals surface area (Å²) >= 11 is 0. The first-order chi connectivity index (χ1) is 36.7. The van der Waals surface area contributed by atoms with Crippen LogP contribution in [-0.2, 0) is 56.0 Å². The van der Waals surface area contributed by atoms with Gasteiger partial charge in [-0.15, -0.1) is 0 Å². The molecule has 18 N–H and O–H groups in total. The minimum Gasteiger partial charge on any atom is -0.370 e. The van der Waals surface area contributed by atoms with Gasteiger partial charge in [-0.25, -0.2) is 0 Å². The van der Waals surface area contributed by atoms with E-state index in [1.165, 1.54) is 11.8 Å². The van der Waals surface area contributed by atoms with Crippen LogP contribution in [0.1, 0.15) is 70.4 Å². The Balaban J connectivity index is 1.54. The molecule has 9 amide bonds. The number of guanidine groups is 2. The standard InChI is InChI=1S/C50H72N16O9S2/c1-27(2)40-48(75)66-21-11-18-39(66)47(74)62-35(22-29-12-5-4-6-13-29)44(71)60-34(17-10-20-57-50(54)55)43(70)61-36(23-30-24-58-32-15-8-7-14-31(30)32)45(72)63-37(41(51)68)25-76-77-26-38(46(73)65-40)64-42(69)33(59-28(3)67)16-9-19-56-49(52)53/h4-8,12-15,24,27,33-40,58H,9-11,16-23,25-26H2,1-3H3,(H2,51,68)(H,59,67)(H,60,71)(H,61,70)(H,62,74)(H,63,72)(H,64,69)(H,65,73)(H4,52,53,56)(H4,54,55,57)/t33-,34-,35+,36-,37-,38-,39-,40+/m0/s1. The summed E-state index contributed by atoms with van der Waals surface area (Å²) in [4.78, 5) is 131. The van der Waals surface area contributed by atoms with Crippen molar-refractivity contribution in [1.29, 1.82) is 10.8 Å². The Morgan fingerprint density at radius 1 is 0.740 bits per heavy atom. The number of carbonyl (C=O) groups excluding carboxylic acids is 9. The third kappa shape index (κ3) is 18.6. The van der Waals surface area contributed by atoms with Gasteiger partial charge in [0.25, 0.3) is 0 Å². The van der Waals surface area contributed by atoms with Crippen molar-refractivity contribution in [2.45, 2.75) is 120 Å². The number of benzene rings is 2. The van der Waals surface area contributed by atoms with Crippen molar-refractivity contribution in [3.8, 4) is 0 Å². The molecule has 3 aromatic rings. The summed E-state index contributed by atoms with van der Waals surface area (Å²) in [6.07, 6.45) is 2.75. The number of para-hydroxylation sites is 1. The smallest absolute Gasteiger partial charge is 0.246 e. The van der Waals surface area contributed by atoms with Gasteiger partial charge in [0.2, 0.25) is 53.2 Å². The molecule has 5 rings (SSSR count). The third-order valence-electron chi connectivity index (χ3n) is 12.9. The summed E-state index contributed by atoms with van der Waals surface area (Å²) in [6, 6.07) is 6.01. The summed E-state index contributed by atoms with van der Waals surface area (Å²) in [5, 5.41) is 40.3. The molecular formula is C50H72N16O9S2. The van der Waals surface area contributed by atoms with Gasteiger partial charge in [0, 0.05) is 68.0 Å². The zero-order valence-electron chi connectivity index (χ0n) is 43.3. The van der Waals surface area contributed by atoms with Gasteiger partial charge in [-0.2, -0.15) is 0 Å². The highest BCUT2D eigenvalue weighted by Gasteiger charge is 2.41. The van der Waals surface area contributed by atoms with Crippen LogP contribution in [0.15, 0.2) is 60.8 Å². The Kier molecular flexibility index (Phi) is 23.2. The number of primary amides is 1. The highest BCUT2D eigenvalue weighted by Crippen LogP contribution is 2.25. The fourth-order valence-electron chi connectivity index (χ4n) is 8.85. The van der Waals surface area contributed by atoms with E-state index in [0.717, 1.165) is 32.5 Å². The molecule has 0 radical (unpaired) electrons. The highest BCUT2D eigenvalue weighted by molar-refractivity contribution is 8.76. The maximum Gasteiger partial charge on any atom is 0.246 e. The predicted molar refractivity (Wildman–Crippen MR) is 293 cm³/mol. The van der Waals surface area contributed by atoms with Crippen LogP contribution in [0, 0.1) is 16.7 Å². The lowest BCUT2D eigenvalue weighted by Crippen LogP contribution is -2.61. The van der Waals surface area contributed by atoms with E-state index in [2.05, 4.69) is 52.8 Å². The van der Waals surface area contributed by atoms with Gasteiger partial charge in [-0.1, -0.05) is 84.0 Å². The van der Waals surface area contributed by atoms with Crippen molar-refractivity contribution in [1.82, 2.24) is 57.7 Å². The molecule has 3 heterocycles. The number of carbonyl (C=O) groups is 9. The average molecular weight is 1110 g/mol. The van der Waals surface area contributed by atoms with Crippen LogP contribution < -0.4 is 65.1 Å².